The summed E-state index contributed by atoms with van der Waals surface area (Å²) in [6.45, 7) is 0. The molecule has 0 spiro atoms. The van der Waals surface area contributed by atoms with Gasteiger partial charge in [-0.15, -0.1) is 0 Å². The van der Waals surface area contributed by atoms with Gasteiger partial charge in [-0.2, -0.15) is 18.4 Å². The molecule has 2 heterocycles. The molecule has 122 valence electrons. The zero-order valence-corrected chi connectivity index (χ0v) is 12.7. The van der Waals surface area contributed by atoms with Crippen molar-refractivity contribution >= 4 is 5.78 Å². The molecule has 2 saturated heterocycles. The Balaban J connectivity index is 1.87. The highest BCUT2D eigenvalue weighted by atomic mass is 19.4. The van der Waals surface area contributed by atoms with Crippen molar-refractivity contribution in [1.82, 2.24) is 4.90 Å². The van der Waals surface area contributed by atoms with Crippen LogP contribution >= 0.6 is 0 Å². The quantitative estimate of drug-likeness (QED) is 0.781. The van der Waals surface area contributed by atoms with Crippen molar-refractivity contribution in [2.24, 2.45) is 5.92 Å². The van der Waals surface area contributed by atoms with E-state index in [9.17, 15) is 18.0 Å². The van der Waals surface area contributed by atoms with E-state index < -0.39 is 11.7 Å². The molecule has 2 atom stereocenters. The fraction of sp³-hybridized carbons (Fsp3) is 0.529. The highest BCUT2D eigenvalue weighted by Crippen LogP contribution is 2.39. The maximum absolute atomic E-state index is 12.7. The van der Waals surface area contributed by atoms with Gasteiger partial charge in [0, 0.05) is 23.6 Å². The summed E-state index contributed by atoms with van der Waals surface area (Å²) < 4.78 is 38.2. The molecule has 23 heavy (non-hydrogen) atoms. The second kappa shape index (κ2) is 5.64. The van der Waals surface area contributed by atoms with Crippen LogP contribution in [-0.2, 0) is 6.18 Å². The number of piperidine rings is 1. The Bertz CT molecular complexity index is 663. The van der Waals surface area contributed by atoms with Crippen LogP contribution in [0.15, 0.2) is 18.2 Å². The van der Waals surface area contributed by atoms with E-state index in [0.717, 1.165) is 43.9 Å². The Morgan fingerprint density at radius 2 is 1.87 bits per heavy atom. The number of carbonyl (C=O) groups is 1. The van der Waals surface area contributed by atoms with Gasteiger partial charge in [-0.1, -0.05) is 0 Å². The summed E-state index contributed by atoms with van der Waals surface area (Å²) in [5.41, 5.74) is -0.959. The molecular weight excluding hydrogens is 305 g/mol. The SMILES string of the molecule is CN1C2CCC1CC(C(=O)c1ccc(C(F)(F)F)cc1C#N)C2. The summed E-state index contributed by atoms with van der Waals surface area (Å²) >= 11 is 0. The first kappa shape index (κ1) is 16.0. The van der Waals surface area contributed by atoms with E-state index in [2.05, 4.69) is 11.9 Å². The number of nitrogens with zero attached hydrogens (tertiary/aromatic N) is 2. The number of alkyl halides is 3. The lowest BCUT2D eigenvalue weighted by atomic mass is 9.83. The van der Waals surface area contributed by atoms with E-state index in [1.165, 1.54) is 0 Å². The highest BCUT2D eigenvalue weighted by Gasteiger charge is 2.41. The van der Waals surface area contributed by atoms with E-state index in [1.54, 1.807) is 6.07 Å². The molecule has 0 aliphatic carbocycles. The van der Waals surface area contributed by atoms with Gasteiger partial charge in [0.15, 0.2) is 5.78 Å². The Morgan fingerprint density at radius 1 is 1.26 bits per heavy atom. The largest absolute Gasteiger partial charge is 0.416 e. The van der Waals surface area contributed by atoms with Gasteiger partial charge >= 0.3 is 6.18 Å². The Hall–Kier alpha value is -1.87. The molecule has 0 N–H and O–H groups in total. The summed E-state index contributed by atoms with van der Waals surface area (Å²) in [6, 6.07) is 5.29. The van der Waals surface area contributed by atoms with Gasteiger partial charge in [-0.05, 0) is 50.9 Å². The third kappa shape index (κ3) is 2.86. The zero-order chi connectivity index (χ0) is 16.8. The average molecular weight is 322 g/mol. The third-order valence-electron chi connectivity index (χ3n) is 5.20. The zero-order valence-electron chi connectivity index (χ0n) is 12.7. The molecule has 2 bridgehead atoms. The van der Waals surface area contributed by atoms with Crippen LogP contribution in [0.5, 0.6) is 0 Å². The lowest BCUT2D eigenvalue weighted by molar-refractivity contribution is -0.137. The molecule has 2 unspecified atom stereocenters. The summed E-state index contributed by atoms with van der Waals surface area (Å²) in [7, 11) is 2.06. The van der Waals surface area contributed by atoms with E-state index in [1.807, 2.05) is 0 Å². The van der Waals surface area contributed by atoms with Gasteiger partial charge in [0.25, 0.3) is 0 Å². The normalized spacial score (nSPS) is 27.7. The number of carbonyl (C=O) groups excluding carboxylic acids is 1. The minimum absolute atomic E-state index is 0.120. The van der Waals surface area contributed by atoms with Crippen LogP contribution < -0.4 is 0 Å². The molecule has 6 heteroatoms. The fourth-order valence-corrected chi connectivity index (χ4v) is 3.87. The first-order valence-electron chi connectivity index (χ1n) is 7.68. The maximum Gasteiger partial charge on any atom is 0.416 e. The number of benzene rings is 1. The van der Waals surface area contributed by atoms with Crippen molar-refractivity contribution in [1.29, 1.82) is 5.26 Å². The predicted octanol–water partition coefficient (Wildman–Crippen LogP) is 3.63. The van der Waals surface area contributed by atoms with Crippen molar-refractivity contribution in [2.75, 3.05) is 7.05 Å². The molecule has 1 aromatic carbocycles. The molecule has 2 aliphatic heterocycles. The number of hydrogen-bond donors (Lipinski definition) is 0. The summed E-state index contributed by atoms with van der Waals surface area (Å²) in [5, 5.41) is 9.14. The number of rotatable bonds is 2. The van der Waals surface area contributed by atoms with Gasteiger partial charge in [-0.25, -0.2) is 0 Å². The van der Waals surface area contributed by atoms with E-state index in [4.69, 9.17) is 5.26 Å². The highest BCUT2D eigenvalue weighted by molar-refractivity contribution is 6.00. The van der Waals surface area contributed by atoms with Crippen LogP contribution in [-0.4, -0.2) is 29.8 Å². The number of nitriles is 1. The first-order valence-corrected chi connectivity index (χ1v) is 7.68. The number of halogens is 3. The Labute approximate surface area is 132 Å². The Morgan fingerprint density at radius 3 is 2.39 bits per heavy atom. The van der Waals surface area contributed by atoms with E-state index >= 15 is 0 Å². The number of Topliss-reactive ketones (excluding diaryl/α,β-unsaturated/α-hetero) is 1. The molecule has 3 nitrogen and oxygen atoms in total. The fourth-order valence-electron chi connectivity index (χ4n) is 3.87. The van der Waals surface area contributed by atoms with Gasteiger partial charge in [0.2, 0.25) is 0 Å². The number of fused-ring (bicyclic) bond motifs is 2. The smallest absolute Gasteiger partial charge is 0.300 e. The van der Waals surface area contributed by atoms with Crippen LogP contribution in [0.2, 0.25) is 0 Å². The molecule has 3 rings (SSSR count). The van der Waals surface area contributed by atoms with Crippen LogP contribution in [0, 0.1) is 17.2 Å². The van der Waals surface area contributed by atoms with Gasteiger partial charge in [0.1, 0.15) is 0 Å². The number of hydrogen-bond acceptors (Lipinski definition) is 3. The van der Waals surface area contributed by atoms with Crippen LogP contribution in [0.4, 0.5) is 13.2 Å². The van der Waals surface area contributed by atoms with E-state index in [0.29, 0.717) is 12.1 Å². The Kier molecular flexibility index (Phi) is 3.93. The average Bonchev–Trinajstić information content (AvgIpc) is 2.74. The van der Waals surface area contributed by atoms with Crippen LogP contribution in [0.3, 0.4) is 0 Å². The van der Waals surface area contributed by atoms with Crippen molar-refractivity contribution in [3.8, 4) is 6.07 Å². The topological polar surface area (TPSA) is 44.1 Å². The molecule has 0 amide bonds. The minimum atomic E-state index is -4.51. The lowest BCUT2D eigenvalue weighted by Gasteiger charge is -2.35. The van der Waals surface area contributed by atoms with Gasteiger partial charge in [-0.3, -0.25) is 4.79 Å². The van der Waals surface area contributed by atoms with Gasteiger partial charge in [0.05, 0.1) is 17.2 Å². The van der Waals surface area contributed by atoms with Crippen molar-refractivity contribution < 1.29 is 18.0 Å². The van der Waals surface area contributed by atoms with Gasteiger partial charge < -0.3 is 4.90 Å². The standard InChI is InChI=1S/C17H17F3N2O/c1-22-13-3-4-14(22)8-10(7-13)16(23)15-5-2-12(17(18,19)20)6-11(15)9-21/h2,5-6,10,13-14H,3-4,7-8H2,1H3. The van der Waals surface area contributed by atoms with Crippen molar-refractivity contribution in [3.05, 3.63) is 34.9 Å². The summed E-state index contributed by atoms with van der Waals surface area (Å²) in [4.78, 5) is 15.0. The first-order chi connectivity index (χ1) is 10.8. The third-order valence-corrected chi connectivity index (χ3v) is 5.20. The summed E-state index contributed by atoms with van der Waals surface area (Å²) in [5.74, 6) is -0.396. The second-order valence-electron chi connectivity index (χ2n) is 6.45. The van der Waals surface area contributed by atoms with Crippen LogP contribution in [0.25, 0.3) is 0 Å². The van der Waals surface area contributed by atoms with Crippen molar-refractivity contribution in [2.45, 2.75) is 43.9 Å². The molecule has 0 radical (unpaired) electrons. The van der Waals surface area contributed by atoms with E-state index in [-0.39, 0.29) is 22.8 Å². The second-order valence-corrected chi connectivity index (χ2v) is 6.45. The summed E-state index contributed by atoms with van der Waals surface area (Å²) in [6.07, 6.45) is -0.957. The molecule has 0 aromatic heterocycles. The molecule has 0 saturated carbocycles. The predicted molar refractivity (Wildman–Crippen MR) is 77.8 cm³/mol. The molecular formula is C17H17F3N2O. The number of ketones is 1. The molecule has 2 aliphatic rings. The lowest BCUT2D eigenvalue weighted by Crippen LogP contribution is -2.42. The maximum atomic E-state index is 12.7. The minimum Gasteiger partial charge on any atom is -0.300 e. The van der Waals surface area contributed by atoms with Crippen molar-refractivity contribution in [3.63, 3.8) is 0 Å². The molecule has 1 aromatic rings. The van der Waals surface area contributed by atoms with Crippen LogP contribution in [0.1, 0.15) is 47.2 Å². The molecule has 2 fully saturated rings. The monoisotopic (exact) mass is 322 g/mol.